The minimum Gasteiger partial charge on any atom is -0.487 e. The largest absolute Gasteiger partial charge is 0.487 e. The number of benzene rings is 3. The first-order valence-electron chi connectivity index (χ1n) is 15.2. The molecule has 0 aliphatic carbocycles. The van der Waals surface area contributed by atoms with Gasteiger partial charge in [0, 0.05) is 49.3 Å². The smallest absolute Gasteiger partial charge is 0.303 e. The summed E-state index contributed by atoms with van der Waals surface area (Å²) in [5.74, 6) is -2.78. The zero-order valence-corrected chi connectivity index (χ0v) is 26.0. The van der Waals surface area contributed by atoms with Crippen molar-refractivity contribution in [2.24, 2.45) is 0 Å². The second-order valence-electron chi connectivity index (χ2n) is 11.1. The molecule has 6 rings (SSSR count). The van der Waals surface area contributed by atoms with E-state index in [0.29, 0.717) is 37.7 Å². The van der Waals surface area contributed by atoms with Gasteiger partial charge in [-0.05, 0) is 42.5 Å². The molecule has 3 heterocycles. The van der Waals surface area contributed by atoms with Gasteiger partial charge in [-0.3, -0.25) is 28.5 Å². The number of halogens is 1. The Balaban J connectivity index is 1.23. The highest BCUT2D eigenvalue weighted by atomic mass is 19.1. The van der Waals surface area contributed by atoms with Crippen molar-refractivity contribution in [3.63, 3.8) is 0 Å². The Morgan fingerprint density at radius 1 is 1.02 bits per heavy atom. The molecule has 0 bridgehead atoms. The molecular formula is C35H29FN4O9. The second-order valence-corrected chi connectivity index (χ2v) is 11.1. The summed E-state index contributed by atoms with van der Waals surface area (Å²) in [6, 6.07) is 17.5. The molecule has 1 aliphatic heterocycles. The molecule has 49 heavy (non-hydrogen) atoms. The number of aldehydes is 1. The first-order valence-corrected chi connectivity index (χ1v) is 15.2. The number of fused-ring (bicyclic) bond motifs is 1. The number of pyridine rings is 1. The summed E-state index contributed by atoms with van der Waals surface area (Å²) < 4.78 is 37.7. The topological polar surface area (TPSA) is 168 Å². The minimum atomic E-state index is -1.66. The second kappa shape index (κ2) is 14.3. The van der Waals surface area contributed by atoms with E-state index in [4.69, 9.17) is 18.7 Å². The van der Waals surface area contributed by atoms with E-state index in [2.05, 4.69) is 15.8 Å². The summed E-state index contributed by atoms with van der Waals surface area (Å²) in [5, 5.41) is 9.52. The predicted molar refractivity (Wildman–Crippen MR) is 173 cm³/mol. The van der Waals surface area contributed by atoms with Crippen LogP contribution in [-0.4, -0.2) is 53.1 Å². The van der Waals surface area contributed by atoms with Crippen LogP contribution in [0.1, 0.15) is 52.1 Å². The highest BCUT2D eigenvalue weighted by Gasteiger charge is 2.28. The van der Waals surface area contributed by atoms with Gasteiger partial charge in [0.25, 0.3) is 17.4 Å². The van der Waals surface area contributed by atoms with E-state index in [1.807, 2.05) is 0 Å². The van der Waals surface area contributed by atoms with Crippen LogP contribution in [-0.2, 0) is 19.1 Å². The van der Waals surface area contributed by atoms with Crippen LogP contribution in [0.3, 0.4) is 0 Å². The number of aromatic nitrogens is 2. The molecule has 2 amide bonds. The number of anilines is 2. The third kappa shape index (κ3) is 7.23. The molecule has 250 valence electrons. The van der Waals surface area contributed by atoms with Crippen LogP contribution in [0.4, 0.5) is 15.9 Å². The Hall–Kier alpha value is -6.15. The maximum Gasteiger partial charge on any atom is 0.303 e. The quantitative estimate of drug-likeness (QED) is 0.153. The van der Waals surface area contributed by atoms with Gasteiger partial charge in [-0.2, -0.15) is 0 Å². The molecule has 13 nitrogen and oxygen atoms in total. The third-order valence-electron chi connectivity index (χ3n) is 7.74. The molecule has 2 N–H and O–H groups in total. The number of nitrogens with one attached hydrogen (secondary N) is 2. The summed E-state index contributed by atoms with van der Waals surface area (Å²) in [5.41, 5.74) is 0.176. The van der Waals surface area contributed by atoms with Crippen molar-refractivity contribution in [3.8, 4) is 11.4 Å². The summed E-state index contributed by atoms with van der Waals surface area (Å²) >= 11 is 0. The maximum atomic E-state index is 14.7. The lowest BCUT2D eigenvalue weighted by atomic mass is 10.1. The molecule has 0 saturated carbocycles. The van der Waals surface area contributed by atoms with Crippen molar-refractivity contribution < 1.29 is 42.3 Å². The normalized spacial score (nSPS) is 13.8. The highest BCUT2D eigenvalue weighted by molar-refractivity contribution is 6.11. The van der Waals surface area contributed by atoms with Crippen LogP contribution in [0.2, 0.25) is 0 Å². The van der Waals surface area contributed by atoms with E-state index in [-0.39, 0.29) is 51.3 Å². The fourth-order valence-electron chi connectivity index (χ4n) is 5.34. The molecule has 1 aliphatic rings. The number of hydrogen-bond donors (Lipinski definition) is 2. The zero-order chi connectivity index (χ0) is 34.5. The molecule has 2 aromatic heterocycles. The Kier molecular flexibility index (Phi) is 9.57. The summed E-state index contributed by atoms with van der Waals surface area (Å²) in [4.78, 5) is 63.4. The number of nitrogens with zero attached hydrogens (tertiary/aromatic N) is 2. The van der Waals surface area contributed by atoms with E-state index < -0.39 is 35.3 Å². The molecule has 1 saturated heterocycles. The van der Waals surface area contributed by atoms with Gasteiger partial charge < -0.3 is 29.4 Å². The monoisotopic (exact) mass is 668 g/mol. The van der Waals surface area contributed by atoms with Gasteiger partial charge in [0.15, 0.2) is 29.3 Å². The fourth-order valence-corrected chi connectivity index (χ4v) is 5.34. The van der Waals surface area contributed by atoms with Gasteiger partial charge in [-0.1, -0.05) is 23.4 Å². The van der Waals surface area contributed by atoms with Gasteiger partial charge in [-0.25, -0.2) is 4.39 Å². The average Bonchev–Trinajstić information content (AvgIpc) is 3.50. The summed E-state index contributed by atoms with van der Waals surface area (Å²) in [6.07, 6.45) is 1.29. The Morgan fingerprint density at radius 2 is 1.82 bits per heavy atom. The lowest BCUT2D eigenvalue weighted by Gasteiger charge is -2.24. The van der Waals surface area contributed by atoms with Gasteiger partial charge in [0.2, 0.25) is 6.10 Å². The predicted octanol–water partition coefficient (Wildman–Crippen LogP) is 4.98. The molecule has 1 unspecified atom stereocenters. The number of carbonyl (C=O) groups excluding carboxylic acids is 4. The highest BCUT2D eigenvalue weighted by Crippen LogP contribution is 2.28. The molecule has 0 radical (unpaired) electrons. The molecular weight excluding hydrogens is 639 g/mol. The van der Waals surface area contributed by atoms with E-state index in [1.54, 1.807) is 12.1 Å². The van der Waals surface area contributed by atoms with E-state index in [9.17, 15) is 28.4 Å². The number of rotatable bonds is 10. The minimum absolute atomic E-state index is 0.0349. The van der Waals surface area contributed by atoms with Crippen LogP contribution in [0.25, 0.3) is 16.7 Å². The summed E-state index contributed by atoms with van der Waals surface area (Å²) in [6.45, 7) is 2.10. The van der Waals surface area contributed by atoms with E-state index in [1.165, 1.54) is 71.4 Å². The molecule has 5 aromatic rings. The van der Waals surface area contributed by atoms with Crippen molar-refractivity contribution in [3.05, 3.63) is 112 Å². The van der Waals surface area contributed by atoms with Gasteiger partial charge in [-0.15, -0.1) is 0 Å². The molecule has 3 aromatic carbocycles. The van der Waals surface area contributed by atoms with Gasteiger partial charge in [0.1, 0.15) is 6.10 Å². The van der Waals surface area contributed by atoms with Crippen molar-refractivity contribution in [1.29, 1.82) is 0 Å². The number of ether oxygens (including phenoxy) is 3. The van der Waals surface area contributed by atoms with Crippen molar-refractivity contribution in [1.82, 2.24) is 9.72 Å². The van der Waals surface area contributed by atoms with Crippen LogP contribution in [0.15, 0.2) is 88.3 Å². The Morgan fingerprint density at radius 3 is 2.59 bits per heavy atom. The van der Waals surface area contributed by atoms with Gasteiger partial charge in [0.05, 0.1) is 35.4 Å². The van der Waals surface area contributed by atoms with Crippen LogP contribution in [0.5, 0.6) is 5.75 Å². The Bertz CT molecular complexity index is 2120. The molecule has 14 heteroatoms. The SMILES string of the molecule is CC(=O)OC(C(=O)Nc1ccc2c(NC(=O)c3ccccc3C=O)noc2c1)c1cccn(-c2ccc(F)c(OC3CCOCC3)c2)c1=O. The van der Waals surface area contributed by atoms with Gasteiger partial charge >= 0.3 is 5.97 Å². The number of hydrogen-bond acceptors (Lipinski definition) is 10. The standard InChI is InChI=1S/C35H29FN4O9/c1-20(42)47-31(27-7-4-14-40(35(27)45)23-9-11-28(36)30(18-23)48-24-12-15-46-16-13-24)34(44)37-22-8-10-26-29(17-22)49-39-32(26)38-33(43)25-6-3-2-5-21(25)19-41/h2-11,14,17-19,24,31H,12-13,15-16H2,1H3,(H,37,44)(H,38,39,43). The average molecular weight is 669 g/mol. The van der Waals surface area contributed by atoms with E-state index in [0.717, 1.165) is 6.92 Å². The first-order chi connectivity index (χ1) is 23.7. The van der Waals surface area contributed by atoms with Crippen molar-refractivity contribution in [2.45, 2.75) is 32.0 Å². The van der Waals surface area contributed by atoms with Crippen LogP contribution >= 0.6 is 0 Å². The van der Waals surface area contributed by atoms with Crippen LogP contribution < -0.4 is 20.9 Å². The van der Waals surface area contributed by atoms with Crippen LogP contribution in [0, 0.1) is 5.82 Å². The number of amides is 2. The number of esters is 1. The first kappa shape index (κ1) is 32.8. The fraction of sp³-hybridized carbons (Fsp3) is 0.200. The van der Waals surface area contributed by atoms with Crippen molar-refractivity contribution >= 4 is 46.5 Å². The Labute approximate surface area is 277 Å². The van der Waals surface area contributed by atoms with Crippen molar-refractivity contribution in [2.75, 3.05) is 23.8 Å². The molecule has 0 spiro atoms. The zero-order valence-electron chi connectivity index (χ0n) is 26.0. The molecule has 1 atom stereocenters. The number of carbonyl (C=O) groups is 4. The third-order valence-corrected chi connectivity index (χ3v) is 7.74. The lowest BCUT2D eigenvalue weighted by Crippen LogP contribution is -2.32. The van der Waals surface area contributed by atoms with E-state index >= 15 is 0 Å². The summed E-state index contributed by atoms with van der Waals surface area (Å²) in [7, 11) is 0. The maximum absolute atomic E-state index is 14.7. The molecule has 1 fully saturated rings. The lowest BCUT2D eigenvalue weighted by molar-refractivity contribution is -0.152.